The predicted molar refractivity (Wildman–Crippen MR) is 68.3 cm³/mol. The minimum Gasteiger partial charge on any atom is -0.481 e. The Hall–Kier alpha value is -1.29. The van der Waals surface area contributed by atoms with Crippen molar-refractivity contribution in [2.75, 3.05) is 0 Å². The molecule has 0 radical (unpaired) electrons. The zero-order chi connectivity index (χ0) is 13.0. The van der Waals surface area contributed by atoms with E-state index in [1.165, 1.54) is 0 Å². The highest BCUT2D eigenvalue weighted by molar-refractivity contribution is 5.70. The lowest BCUT2D eigenvalue weighted by Gasteiger charge is -2.27. The van der Waals surface area contributed by atoms with Crippen LogP contribution in [-0.4, -0.2) is 17.1 Å². The summed E-state index contributed by atoms with van der Waals surface area (Å²) in [6.45, 7) is 2.76. The Balaban J connectivity index is 1.80. The van der Waals surface area contributed by atoms with E-state index in [4.69, 9.17) is 9.52 Å². The van der Waals surface area contributed by atoms with Gasteiger partial charge in [0.2, 0.25) is 0 Å². The van der Waals surface area contributed by atoms with Gasteiger partial charge in [0.1, 0.15) is 11.5 Å². The SMILES string of the molecule is CCc1ccc(CNC2CCCC(C(=O)O)C2)o1. The van der Waals surface area contributed by atoms with Gasteiger partial charge in [-0.25, -0.2) is 0 Å². The third-order valence-corrected chi connectivity index (χ3v) is 3.65. The zero-order valence-corrected chi connectivity index (χ0v) is 10.8. The zero-order valence-electron chi connectivity index (χ0n) is 10.8. The molecule has 4 nitrogen and oxygen atoms in total. The van der Waals surface area contributed by atoms with Gasteiger partial charge in [0.25, 0.3) is 0 Å². The molecule has 1 aromatic rings. The van der Waals surface area contributed by atoms with Crippen LogP contribution in [0, 0.1) is 5.92 Å². The summed E-state index contributed by atoms with van der Waals surface area (Å²) in [4.78, 5) is 11.0. The predicted octanol–water partition coefficient (Wildman–Crippen LogP) is 2.58. The van der Waals surface area contributed by atoms with Crippen molar-refractivity contribution in [2.24, 2.45) is 5.92 Å². The summed E-state index contributed by atoms with van der Waals surface area (Å²) in [5, 5.41) is 12.4. The number of aryl methyl sites for hydroxylation is 1. The van der Waals surface area contributed by atoms with Crippen LogP contribution in [0.5, 0.6) is 0 Å². The first-order valence-corrected chi connectivity index (χ1v) is 6.72. The summed E-state index contributed by atoms with van der Waals surface area (Å²) < 4.78 is 5.62. The number of nitrogens with one attached hydrogen (secondary N) is 1. The number of carboxylic acid groups (broad SMARTS) is 1. The number of furan rings is 1. The quantitative estimate of drug-likeness (QED) is 0.844. The summed E-state index contributed by atoms with van der Waals surface area (Å²) in [5.74, 6) is 1.09. The molecule has 1 aliphatic carbocycles. The van der Waals surface area contributed by atoms with E-state index in [0.717, 1.165) is 43.6 Å². The molecule has 4 heteroatoms. The molecule has 1 aromatic heterocycles. The first-order chi connectivity index (χ1) is 8.69. The van der Waals surface area contributed by atoms with E-state index in [2.05, 4.69) is 12.2 Å². The third kappa shape index (κ3) is 3.35. The van der Waals surface area contributed by atoms with Crippen LogP contribution in [0.15, 0.2) is 16.5 Å². The van der Waals surface area contributed by atoms with E-state index < -0.39 is 5.97 Å². The van der Waals surface area contributed by atoms with Crippen LogP contribution in [0.25, 0.3) is 0 Å². The number of rotatable bonds is 5. The second-order valence-corrected chi connectivity index (χ2v) is 5.00. The Morgan fingerprint density at radius 2 is 2.22 bits per heavy atom. The van der Waals surface area contributed by atoms with Crippen LogP contribution in [-0.2, 0) is 17.8 Å². The highest BCUT2D eigenvalue weighted by Gasteiger charge is 2.26. The van der Waals surface area contributed by atoms with E-state index in [1.807, 2.05) is 12.1 Å². The largest absolute Gasteiger partial charge is 0.481 e. The second-order valence-electron chi connectivity index (χ2n) is 5.00. The van der Waals surface area contributed by atoms with Crippen molar-refractivity contribution in [1.29, 1.82) is 0 Å². The molecule has 0 aliphatic heterocycles. The van der Waals surface area contributed by atoms with Gasteiger partial charge in [0, 0.05) is 12.5 Å². The second kappa shape index (κ2) is 6.05. The lowest BCUT2D eigenvalue weighted by atomic mass is 9.86. The molecule has 0 aromatic carbocycles. The van der Waals surface area contributed by atoms with Crippen LogP contribution in [0.3, 0.4) is 0 Å². The molecule has 2 atom stereocenters. The van der Waals surface area contributed by atoms with Gasteiger partial charge in [-0.1, -0.05) is 13.3 Å². The molecular formula is C14H21NO3. The lowest BCUT2D eigenvalue weighted by Crippen LogP contribution is -2.35. The molecule has 1 aliphatic rings. The molecule has 0 bridgehead atoms. The topological polar surface area (TPSA) is 62.5 Å². The molecule has 0 saturated heterocycles. The van der Waals surface area contributed by atoms with Gasteiger partial charge in [0.15, 0.2) is 0 Å². The van der Waals surface area contributed by atoms with Crippen molar-refractivity contribution in [3.8, 4) is 0 Å². The Bertz CT molecular complexity index is 399. The third-order valence-electron chi connectivity index (χ3n) is 3.65. The van der Waals surface area contributed by atoms with Crippen molar-refractivity contribution in [3.05, 3.63) is 23.7 Å². The van der Waals surface area contributed by atoms with Crippen LogP contribution in [0.1, 0.15) is 44.1 Å². The van der Waals surface area contributed by atoms with Gasteiger partial charge < -0.3 is 14.8 Å². The first-order valence-electron chi connectivity index (χ1n) is 6.72. The van der Waals surface area contributed by atoms with Crippen molar-refractivity contribution in [1.82, 2.24) is 5.32 Å². The average Bonchev–Trinajstić information content (AvgIpc) is 2.84. The molecule has 100 valence electrons. The fourth-order valence-corrected chi connectivity index (χ4v) is 2.55. The highest BCUT2D eigenvalue weighted by Crippen LogP contribution is 2.24. The van der Waals surface area contributed by atoms with Gasteiger partial charge in [-0.05, 0) is 31.4 Å². The summed E-state index contributed by atoms with van der Waals surface area (Å²) in [6, 6.07) is 4.29. The summed E-state index contributed by atoms with van der Waals surface area (Å²) in [5.41, 5.74) is 0. The minimum atomic E-state index is -0.659. The maximum atomic E-state index is 11.0. The Morgan fingerprint density at radius 3 is 2.89 bits per heavy atom. The molecular weight excluding hydrogens is 230 g/mol. The van der Waals surface area contributed by atoms with Crippen LogP contribution >= 0.6 is 0 Å². The maximum Gasteiger partial charge on any atom is 0.306 e. The number of aliphatic carboxylic acids is 1. The van der Waals surface area contributed by atoms with Gasteiger partial charge in [-0.2, -0.15) is 0 Å². The van der Waals surface area contributed by atoms with Crippen molar-refractivity contribution in [3.63, 3.8) is 0 Å². The van der Waals surface area contributed by atoms with Crippen LogP contribution in [0.4, 0.5) is 0 Å². The first kappa shape index (κ1) is 13.1. The molecule has 1 fully saturated rings. The van der Waals surface area contributed by atoms with E-state index in [1.54, 1.807) is 0 Å². The summed E-state index contributed by atoms with van der Waals surface area (Å²) >= 11 is 0. The van der Waals surface area contributed by atoms with E-state index >= 15 is 0 Å². The monoisotopic (exact) mass is 251 g/mol. The Kier molecular flexibility index (Phi) is 4.42. The minimum absolute atomic E-state index is 0.181. The van der Waals surface area contributed by atoms with Crippen molar-refractivity contribution < 1.29 is 14.3 Å². The van der Waals surface area contributed by atoms with Gasteiger partial charge in [-0.15, -0.1) is 0 Å². The van der Waals surface area contributed by atoms with E-state index in [-0.39, 0.29) is 5.92 Å². The molecule has 18 heavy (non-hydrogen) atoms. The van der Waals surface area contributed by atoms with E-state index in [9.17, 15) is 4.79 Å². The maximum absolute atomic E-state index is 11.0. The Labute approximate surface area is 107 Å². The number of hydrogen-bond donors (Lipinski definition) is 2. The fraction of sp³-hybridized carbons (Fsp3) is 0.643. The fourth-order valence-electron chi connectivity index (χ4n) is 2.55. The molecule has 1 saturated carbocycles. The van der Waals surface area contributed by atoms with Crippen molar-refractivity contribution >= 4 is 5.97 Å². The van der Waals surface area contributed by atoms with Crippen LogP contribution < -0.4 is 5.32 Å². The molecule has 1 heterocycles. The van der Waals surface area contributed by atoms with Gasteiger partial charge >= 0.3 is 5.97 Å². The normalized spacial score (nSPS) is 24.1. The molecule has 2 N–H and O–H groups in total. The molecule has 2 unspecified atom stereocenters. The average molecular weight is 251 g/mol. The highest BCUT2D eigenvalue weighted by atomic mass is 16.4. The summed E-state index contributed by atoms with van der Waals surface area (Å²) in [6.07, 6.45) is 4.51. The summed E-state index contributed by atoms with van der Waals surface area (Å²) in [7, 11) is 0. The molecule has 0 amide bonds. The molecule has 2 rings (SSSR count). The van der Waals surface area contributed by atoms with Crippen molar-refractivity contribution in [2.45, 2.75) is 51.6 Å². The lowest BCUT2D eigenvalue weighted by molar-refractivity contribution is -0.143. The number of hydrogen-bond acceptors (Lipinski definition) is 3. The standard InChI is InChI=1S/C14H21NO3/c1-2-12-6-7-13(18-12)9-15-11-5-3-4-10(8-11)14(16)17/h6-7,10-11,15H,2-5,8-9H2,1H3,(H,16,17). The smallest absolute Gasteiger partial charge is 0.306 e. The van der Waals surface area contributed by atoms with Gasteiger partial charge in [-0.3, -0.25) is 4.79 Å². The van der Waals surface area contributed by atoms with Crippen LogP contribution in [0.2, 0.25) is 0 Å². The molecule has 0 spiro atoms. The Morgan fingerprint density at radius 1 is 1.44 bits per heavy atom. The number of carbonyl (C=O) groups is 1. The van der Waals surface area contributed by atoms with E-state index in [0.29, 0.717) is 12.6 Å². The van der Waals surface area contributed by atoms with Gasteiger partial charge in [0.05, 0.1) is 12.5 Å². The number of carboxylic acids is 1.